The van der Waals surface area contributed by atoms with Crippen molar-refractivity contribution in [3.63, 3.8) is 0 Å². The summed E-state index contributed by atoms with van der Waals surface area (Å²) in [5, 5.41) is 4.27. The lowest BCUT2D eigenvalue weighted by Crippen LogP contribution is -2.44. The van der Waals surface area contributed by atoms with Crippen molar-refractivity contribution in [2.24, 2.45) is 4.99 Å². The molecule has 3 aromatic rings. The van der Waals surface area contributed by atoms with Gasteiger partial charge in [0.1, 0.15) is 5.25 Å². The van der Waals surface area contributed by atoms with Crippen molar-refractivity contribution < 1.29 is 9.59 Å². The second-order valence-corrected chi connectivity index (χ2v) is 9.77. The van der Waals surface area contributed by atoms with Gasteiger partial charge in [-0.05, 0) is 54.1 Å². The SMILES string of the molecule is O=C(Nc1cccc(Cl)c1)C1CC(=O)N(Cc2ccc(Cl)cc2)C(=Nc2cccc(Cl)c2)S1. The normalized spacial score (nSPS) is 17.3. The number of hydrogen-bond donors (Lipinski definition) is 1. The van der Waals surface area contributed by atoms with E-state index in [-0.39, 0.29) is 18.2 Å². The molecule has 1 aliphatic rings. The summed E-state index contributed by atoms with van der Waals surface area (Å²) in [6, 6.07) is 21.1. The molecule has 0 aliphatic carbocycles. The van der Waals surface area contributed by atoms with Gasteiger partial charge in [-0.25, -0.2) is 4.99 Å². The van der Waals surface area contributed by atoms with E-state index in [1.54, 1.807) is 65.6 Å². The number of carbonyl (C=O) groups excluding carboxylic acids is 2. The topological polar surface area (TPSA) is 61.8 Å². The van der Waals surface area contributed by atoms with E-state index < -0.39 is 5.25 Å². The number of amidine groups is 1. The van der Waals surface area contributed by atoms with Gasteiger partial charge in [0.15, 0.2) is 5.17 Å². The highest BCUT2D eigenvalue weighted by Crippen LogP contribution is 2.32. The van der Waals surface area contributed by atoms with Gasteiger partial charge in [0.05, 0.1) is 12.2 Å². The summed E-state index contributed by atoms with van der Waals surface area (Å²) in [6.45, 7) is 0.311. The number of amides is 2. The molecular formula is C24H18Cl3N3O2S. The first-order chi connectivity index (χ1) is 15.9. The maximum Gasteiger partial charge on any atom is 0.238 e. The Morgan fingerprint density at radius 1 is 0.970 bits per heavy atom. The van der Waals surface area contributed by atoms with Crippen LogP contribution in [0, 0.1) is 0 Å². The van der Waals surface area contributed by atoms with Crippen LogP contribution in [0.15, 0.2) is 77.8 Å². The highest BCUT2D eigenvalue weighted by Gasteiger charge is 2.36. The van der Waals surface area contributed by atoms with Crippen LogP contribution in [-0.4, -0.2) is 27.1 Å². The summed E-state index contributed by atoms with van der Waals surface area (Å²) in [5.41, 5.74) is 2.06. The Morgan fingerprint density at radius 3 is 2.36 bits per heavy atom. The molecule has 3 aromatic carbocycles. The summed E-state index contributed by atoms with van der Waals surface area (Å²) in [7, 11) is 0. The zero-order valence-corrected chi connectivity index (χ0v) is 20.3. The predicted molar refractivity (Wildman–Crippen MR) is 137 cm³/mol. The monoisotopic (exact) mass is 517 g/mol. The maximum absolute atomic E-state index is 13.1. The van der Waals surface area contributed by atoms with Gasteiger partial charge < -0.3 is 5.32 Å². The molecule has 1 N–H and O–H groups in total. The Labute approximate surface area is 210 Å². The number of hydrogen-bond acceptors (Lipinski definition) is 4. The van der Waals surface area contributed by atoms with Crippen LogP contribution in [0.4, 0.5) is 11.4 Å². The number of nitrogens with zero attached hydrogens (tertiary/aromatic N) is 2. The highest BCUT2D eigenvalue weighted by molar-refractivity contribution is 8.15. The quantitative estimate of drug-likeness (QED) is 0.404. The molecular weight excluding hydrogens is 501 g/mol. The highest BCUT2D eigenvalue weighted by atomic mass is 35.5. The summed E-state index contributed by atoms with van der Waals surface area (Å²) < 4.78 is 0. The molecule has 2 amide bonds. The first-order valence-electron chi connectivity index (χ1n) is 9.99. The summed E-state index contributed by atoms with van der Waals surface area (Å²) in [6.07, 6.45) is 0.0409. The molecule has 0 saturated carbocycles. The molecule has 1 saturated heterocycles. The lowest BCUT2D eigenvalue weighted by Gasteiger charge is -2.32. The molecule has 1 heterocycles. The Bertz CT molecular complexity index is 1220. The minimum atomic E-state index is -0.643. The van der Waals surface area contributed by atoms with Gasteiger partial charge >= 0.3 is 0 Å². The Morgan fingerprint density at radius 2 is 1.67 bits per heavy atom. The second-order valence-electron chi connectivity index (χ2n) is 7.29. The van der Waals surface area contributed by atoms with Gasteiger partial charge in [0.25, 0.3) is 0 Å². The molecule has 33 heavy (non-hydrogen) atoms. The number of aliphatic imine (C=N–C) groups is 1. The molecule has 0 spiro atoms. The van der Waals surface area contributed by atoms with Crippen LogP contribution < -0.4 is 5.32 Å². The Balaban J connectivity index is 1.60. The fourth-order valence-corrected chi connectivity index (χ4v) is 4.81. The van der Waals surface area contributed by atoms with Crippen molar-refractivity contribution in [3.05, 3.63) is 93.4 Å². The number of halogens is 3. The zero-order valence-electron chi connectivity index (χ0n) is 17.2. The third-order valence-corrected chi connectivity index (χ3v) is 6.72. The molecule has 0 radical (unpaired) electrons. The molecule has 0 aromatic heterocycles. The van der Waals surface area contributed by atoms with E-state index in [4.69, 9.17) is 34.8 Å². The van der Waals surface area contributed by atoms with E-state index in [2.05, 4.69) is 10.3 Å². The number of rotatable bonds is 5. The van der Waals surface area contributed by atoms with Crippen LogP contribution >= 0.6 is 46.6 Å². The zero-order chi connectivity index (χ0) is 23.4. The van der Waals surface area contributed by atoms with Gasteiger partial charge in [-0.3, -0.25) is 14.5 Å². The lowest BCUT2D eigenvalue weighted by atomic mass is 10.2. The van der Waals surface area contributed by atoms with Gasteiger partial charge in [0, 0.05) is 27.2 Å². The molecule has 5 nitrogen and oxygen atoms in total. The third kappa shape index (κ3) is 6.30. The maximum atomic E-state index is 13.1. The largest absolute Gasteiger partial charge is 0.325 e. The van der Waals surface area contributed by atoms with E-state index in [1.165, 1.54) is 11.8 Å². The molecule has 4 rings (SSSR count). The average molecular weight is 519 g/mol. The first kappa shape index (κ1) is 23.6. The molecule has 1 unspecified atom stereocenters. The fourth-order valence-electron chi connectivity index (χ4n) is 3.21. The van der Waals surface area contributed by atoms with Crippen molar-refractivity contribution in [2.75, 3.05) is 5.32 Å². The van der Waals surface area contributed by atoms with Crippen LogP contribution in [0.25, 0.3) is 0 Å². The van der Waals surface area contributed by atoms with Crippen molar-refractivity contribution in [1.82, 2.24) is 4.90 Å². The molecule has 1 atom stereocenters. The van der Waals surface area contributed by atoms with Gasteiger partial charge in [-0.1, -0.05) is 70.8 Å². The van der Waals surface area contributed by atoms with Crippen LogP contribution in [0.5, 0.6) is 0 Å². The molecule has 9 heteroatoms. The molecule has 168 valence electrons. The van der Waals surface area contributed by atoms with Crippen molar-refractivity contribution >= 4 is 74.9 Å². The predicted octanol–water partition coefficient (Wildman–Crippen LogP) is 6.81. The second kappa shape index (κ2) is 10.6. The minimum absolute atomic E-state index is 0.0409. The molecule has 0 bridgehead atoms. The van der Waals surface area contributed by atoms with Crippen LogP contribution in [0.3, 0.4) is 0 Å². The van der Waals surface area contributed by atoms with E-state index in [9.17, 15) is 9.59 Å². The fraction of sp³-hybridized carbons (Fsp3) is 0.125. The van der Waals surface area contributed by atoms with Crippen LogP contribution in [0.1, 0.15) is 12.0 Å². The van der Waals surface area contributed by atoms with E-state index in [0.717, 1.165) is 5.56 Å². The first-order valence-corrected chi connectivity index (χ1v) is 12.0. The van der Waals surface area contributed by atoms with Gasteiger partial charge in [-0.15, -0.1) is 0 Å². The van der Waals surface area contributed by atoms with Crippen molar-refractivity contribution in [1.29, 1.82) is 0 Å². The summed E-state index contributed by atoms with van der Waals surface area (Å²) in [5.74, 6) is -0.490. The standard InChI is InChI=1S/C24H18Cl3N3O2S/c25-16-9-7-15(8-10-16)14-30-22(31)13-21(23(32)28-19-5-1-3-17(26)11-19)33-24(30)29-20-6-2-4-18(27)12-20/h1-12,21H,13-14H2,(H,28,32). The molecule has 1 fully saturated rings. The van der Waals surface area contributed by atoms with Gasteiger partial charge in [-0.2, -0.15) is 0 Å². The Hall–Kier alpha value is -2.51. The van der Waals surface area contributed by atoms with E-state index >= 15 is 0 Å². The van der Waals surface area contributed by atoms with Crippen LogP contribution in [0.2, 0.25) is 15.1 Å². The molecule has 1 aliphatic heterocycles. The minimum Gasteiger partial charge on any atom is -0.325 e. The summed E-state index contributed by atoms with van der Waals surface area (Å²) >= 11 is 19.4. The smallest absolute Gasteiger partial charge is 0.238 e. The van der Waals surface area contributed by atoms with Crippen LogP contribution in [-0.2, 0) is 16.1 Å². The van der Waals surface area contributed by atoms with E-state index in [1.807, 2.05) is 12.1 Å². The van der Waals surface area contributed by atoms with Crippen molar-refractivity contribution in [2.45, 2.75) is 18.2 Å². The number of benzene rings is 3. The summed E-state index contributed by atoms with van der Waals surface area (Å²) in [4.78, 5) is 32.3. The lowest BCUT2D eigenvalue weighted by molar-refractivity contribution is -0.129. The number of anilines is 1. The number of thioether (sulfide) groups is 1. The average Bonchev–Trinajstić information content (AvgIpc) is 2.77. The number of nitrogens with one attached hydrogen (secondary N) is 1. The third-order valence-electron chi connectivity index (χ3n) is 4.81. The number of carbonyl (C=O) groups is 2. The van der Waals surface area contributed by atoms with E-state index in [0.29, 0.717) is 38.2 Å². The van der Waals surface area contributed by atoms with Gasteiger partial charge in [0.2, 0.25) is 11.8 Å². The van der Waals surface area contributed by atoms with Crippen molar-refractivity contribution in [3.8, 4) is 0 Å². The Kier molecular flexibility index (Phi) is 7.60.